The number of ether oxygens (including phenoxy) is 4. The molecule has 0 spiro atoms. The first kappa shape index (κ1) is 15.3. The number of benzene rings is 1. The Labute approximate surface area is 122 Å². The van der Waals surface area contributed by atoms with E-state index in [1.54, 1.807) is 13.2 Å². The van der Waals surface area contributed by atoms with Crippen molar-refractivity contribution in [3.05, 3.63) is 29.5 Å². The molecule has 0 bridgehead atoms. The van der Waals surface area contributed by atoms with Crippen LogP contribution in [-0.2, 0) is 32.0 Å². The van der Waals surface area contributed by atoms with Crippen molar-refractivity contribution >= 4 is 16.9 Å². The number of para-hydroxylation sites is 1. The zero-order valence-corrected chi connectivity index (χ0v) is 12.3. The van der Waals surface area contributed by atoms with Gasteiger partial charge in [0.1, 0.15) is 19.2 Å². The van der Waals surface area contributed by atoms with E-state index in [0.717, 1.165) is 10.9 Å². The van der Waals surface area contributed by atoms with Crippen LogP contribution in [-0.4, -0.2) is 34.1 Å². The Hall–Kier alpha value is -2.05. The molecule has 1 aromatic heterocycles. The van der Waals surface area contributed by atoms with E-state index in [1.165, 1.54) is 14.2 Å². The Kier molecular flexibility index (Phi) is 5.19. The summed E-state index contributed by atoms with van der Waals surface area (Å²) in [4.78, 5) is 11.6. The minimum atomic E-state index is -0.339. The van der Waals surface area contributed by atoms with Gasteiger partial charge >= 0.3 is 5.97 Å². The molecule has 0 aliphatic carbocycles. The highest BCUT2D eigenvalue weighted by Gasteiger charge is 2.19. The summed E-state index contributed by atoms with van der Waals surface area (Å²) >= 11 is 0. The molecule has 0 unspecified atom stereocenters. The van der Waals surface area contributed by atoms with E-state index in [-0.39, 0.29) is 25.8 Å². The van der Waals surface area contributed by atoms with Crippen LogP contribution in [0.3, 0.4) is 0 Å². The van der Waals surface area contributed by atoms with Crippen LogP contribution in [0.15, 0.2) is 22.6 Å². The van der Waals surface area contributed by atoms with Gasteiger partial charge in [-0.25, -0.2) is 0 Å². The van der Waals surface area contributed by atoms with E-state index in [9.17, 15) is 4.79 Å². The molecule has 1 heterocycles. The molecule has 21 heavy (non-hydrogen) atoms. The zero-order valence-electron chi connectivity index (χ0n) is 12.3. The van der Waals surface area contributed by atoms with Crippen LogP contribution in [0.4, 0.5) is 0 Å². The minimum absolute atomic E-state index is 0.113. The fourth-order valence-corrected chi connectivity index (χ4v) is 2.10. The fraction of sp³-hybridized carbons (Fsp3) is 0.400. The van der Waals surface area contributed by atoms with Crippen molar-refractivity contribution in [2.24, 2.45) is 0 Å². The van der Waals surface area contributed by atoms with E-state index >= 15 is 0 Å². The number of carbonyl (C=O) groups is 1. The summed E-state index contributed by atoms with van der Waals surface area (Å²) in [5.74, 6) is 0.835. The summed E-state index contributed by atoms with van der Waals surface area (Å²) in [6.07, 6.45) is 0.113. The van der Waals surface area contributed by atoms with Gasteiger partial charge in [0.2, 0.25) is 0 Å². The van der Waals surface area contributed by atoms with Crippen molar-refractivity contribution in [3.63, 3.8) is 0 Å². The molecule has 2 rings (SSSR count). The van der Waals surface area contributed by atoms with Crippen molar-refractivity contribution < 1.29 is 28.2 Å². The van der Waals surface area contributed by atoms with Gasteiger partial charge < -0.3 is 23.4 Å². The molecular formula is C15H18O6. The normalized spacial score (nSPS) is 10.8. The molecule has 0 saturated carbocycles. The monoisotopic (exact) mass is 294 g/mol. The molecule has 1 aromatic carbocycles. The number of furan rings is 1. The molecule has 6 heteroatoms. The average Bonchev–Trinajstić information content (AvgIpc) is 2.85. The van der Waals surface area contributed by atoms with Gasteiger partial charge in [-0.1, -0.05) is 12.1 Å². The highest BCUT2D eigenvalue weighted by atomic mass is 16.7. The van der Waals surface area contributed by atoms with Gasteiger partial charge in [0.25, 0.3) is 0 Å². The van der Waals surface area contributed by atoms with E-state index in [4.69, 9.17) is 23.4 Å². The summed E-state index contributed by atoms with van der Waals surface area (Å²) < 4.78 is 26.0. The average molecular weight is 294 g/mol. The van der Waals surface area contributed by atoms with Crippen molar-refractivity contribution in [2.75, 3.05) is 28.1 Å². The van der Waals surface area contributed by atoms with E-state index in [2.05, 4.69) is 0 Å². The molecule has 0 atom stereocenters. The predicted molar refractivity (Wildman–Crippen MR) is 75.2 cm³/mol. The molecule has 6 nitrogen and oxygen atoms in total. The highest BCUT2D eigenvalue weighted by molar-refractivity contribution is 5.90. The van der Waals surface area contributed by atoms with Crippen molar-refractivity contribution in [3.8, 4) is 5.75 Å². The van der Waals surface area contributed by atoms with Gasteiger partial charge in [-0.05, 0) is 6.07 Å². The van der Waals surface area contributed by atoms with E-state index < -0.39 is 0 Å². The maximum absolute atomic E-state index is 11.6. The number of fused-ring (bicyclic) bond motifs is 1. The molecule has 114 valence electrons. The number of esters is 1. The molecule has 0 N–H and O–H groups in total. The fourth-order valence-electron chi connectivity index (χ4n) is 2.10. The first-order valence-corrected chi connectivity index (χ1v) is 6.42. The number of methoxy groups -OCH3 is 3. The number of carbonyl (C=O) groups excluding carboxylic acids is 1. The maximum atomic E-state index is 11.6. The van der Waals surface area contributed by atoms with Crippen LogP contribution < -0.4 is 4.74 Å². The Balaban J connectivity index is 2.43. The van der Waals surface area contributed by atoms with E-state index in [0.29, 0.717) is 17.1 Å². The largest absolute Gasteiger partial charge is 0.493 e. The summed E-state index contributed by atoms with van der Waals surface area (Å²) in [7, 11) is 4.46. The van der Waals surface area contributed by atoms with Crippen LogP contribution in [0, 0.1) is 0 Å². The van der Waals surface area contributed by atoms with Crippen LogP contribution in [0.25, 0.3) is 11.0 Å². The van der Waals surface area contributed by atoms with Crippen molar-refractivity contribution in [1.29, 1.82) is 0 Å². The molecular weight excluding hydrogens is 276 g/mol. The van der Waals surface area contributed by atoms with Gasteiger partial charge in [0.05, 0.1) is 20.6 Å². The van der Waals surface area contributed by atoms with Gasteiger partial charge in [-0.2, -0.15) is 0 Å². The second kappa shape index (κ2) is 7.10. The number of rotatable bonds is 7. The molecule has 0 amide bonds. The molecule has 0 saturated heterocycles. The lowest BCUT2D eigenvalue weighted by atomic mass is 10.1. The SMILES string of the molecule is COCOCc1oc2c(OC)cccc2c1CC(=O)OC. The molecule has 0 radical (unpaired) electrons. The quantitative estimate of drug-likeness (QED) is 0.443. The third-order valence-corrected chi connectivity index (χ3v) is 3.07. The topological polar surface area (TPSA) is 67.1 Å². The number of hydrogen-bond acceptors (Lipinski definition) is 6. The lowest BCUT2D eigenvalue weighted by molar-refractivity contribution is -0.139. The van der Waals surface area contributed by atoms with Gasteiger partial charge in [0.15, 0.2) is 11.3 Å². The summed E-state index contributed by atoms with van der Waals surface area (Å²) in [5, 5.41) is 0.816. The molecule has 0 fully saturated rings. The minimum Gasteiger partial charge on any atom is -0.493 e. The summed E-state index contributed by atoms with van der Waals surface area (Å²) in [6.45, 7) is 0.351. The molecule has 2 aromatic rings. The van der Waals surface area contributed by atoms with Gasteiger partial charge in [0, 0.05) is 18.1 Å². The van der Waals surface area contributed by atoms with Crippen LogP contribution in [0.5, 0.6) is 5.75 Å². The third kappa shape index (κ3) is 3.34. The molecule has 0 aliphatic heterocycles. The summed E-state index contributed by atoms with van der Waals surface area (Å²) in [6, 6.07) is 5.52. The second-order valence-electron chi connectivity index (χ2n) is 4.35. The zero-order chi connectivity index (χ0) is 15.2. The molecule has 0 aliphatic rings. The highest BCUT2D eigenvalue weighted by Crippen LogP contribution is 2.33. The standard InChI is InChI=1S/C15H18O6/c1-17-9-20-8-13-11(7-14(16)19-3)10-5-4-6-12(18-2)15(10)21-13/h4-6H,7-9H2,1-3H3. The van der Waals surface area contributed by atoms with Crippen LogP contribution in [0.2, 0.25) is 0 Å². The van der Waals surface area contributed by atoms with Crippen molar-refractivity contribution in [2.45, 2.75) is 13.0 Å². The Morgan fingerprint density at radius 1 is 1.24 bits per heavy atom. The maximum Gasteiger partial charge on any atom is 0.310 e. The lowest BCUT2D eigenvalue weighted by Gasteiger charge is -2.03. The first-order chi connectivity index (χ1) is 10.2. The number of hydrogen-bond donors (Lipinski definition) is 0. The second-order valence-corrected chi connectivity index (χ2v) is 4.35. The van der Waals surface area contributed by atoms with Crippen LogP contribution in [0.1, 0.15) is 11.3 Å². The van der Waals surface area contributed by atoms with Crippen molar-refractivity contribution in [1.82, 2.24) is 0 Å². The summed E-state index contributed by atoms with van der Waals surface area (Å²) in [5.41, 5.74) is 1.33. The Bertz CT molecular complexity index is 616. The lowest BCUT2D eigenvalue weighted by Crippen LogP contribution is -2.06. The Morgan fingerprint density at radius 2 is 2.05 bits per heavy atom. The van der Waals surface area contributed by atoms with E-state index in [1.807, 2.05) is 12.1 Å². The van der Waals surface area contributed by atoms with Gasteiger partial charge in [-0.15, -0.1) is 0 Å². The predicted octanol–water partition coefficient (Wildman–Crippen LogP) is 2.28. The van der Waals surface area contributed by atoms with Crippen LogP contribution >= 0.6 is 0 Å². The third-order valence-electron chi connectivity index (χ3n) is 3.07. The smallest absolute Gasteiger partial charge is 0.310 e. The Morgan fingerprint density at radius 3 is 2.71 bits per heavy atom. The van der Waals surface area contributed by atoms with Gasteiger partial charge in [-0.3, -0.25) is 4.79 Å². The first-order valence-electron chi connectivity index (χ1n) is 6.42.